The Hall–Kier alpha value is -2.21. The minimum atomic E-state index is -1.66. The molecule has 2 unspecified atom stereocenters. The lowest BCUT2D eigenvalue weighted by atomic mass is 9.71. The zero-order valence-corrected chi connectivity index (χ0v) is 13.9. The predicted molar refractivity (Wildman–Crippen MR) is 89.4 cm³/mol. The second kappa shape index (κ2) is 8.06. The number of aliphatic hydroxyl groups is 1. The molecule has 1 fully saturated rings. The van der Waals surface area contributed by atoms with E-state index in [9.17, 15) is 19.5 Å². The Morgan fingerprint density at radius 3 is 2.71 bits per heavy atom. The highest BCUT2D eigenvalue weighted by atomic mass is 16.3. The topological polar surface area (TPSA) is 86.7 Å². The average Bonchev–Trinajstić information content (AvgIpc) is 2.61. The zero-order chi connectivity index (χ0) is 17.6. The number of amides is 2. The van der Waals surface area contributed by atoms with Crippen molar-refractivity contribution < 1.29 is 19.5 Å². The number of nitrogens with zero attached hydrogens (tertiary/aromatic N) is 1. The molecule has 24 heavy (non-hydrogen) atoms. The van der Waals surface area contributed by atoms with Gasteiger partial charge in [-0.25, -0.2) is 0 Å². The number of hydrogen-bond donors (Lipinski definition) is 2. The van der Waals surface area contributed by atoms with Crippen molar-refractivity contribution in [3.8, 4) is 0 Å². The molecule has 0 bridgehead atoms. The van der Waals surface area contributed by atoms with Gasteiger partial charge in [-0.3, -0.25) is 14.4 Å². The van der Waals surface area contributed by atoms with Gasteiger partial charge in [0.1, 0.15) is 5.60 Å². The highest BCUT2D eigenvalue weighted by Gasteiger charge is 2.49. The lowest BCUT2D eigenvalue weighted by molar-refractivity contribution is -0.144. The number of rotatable bonds is 7. The molecule has 2 rings (SSSR count). The first-order valence-electron chi connectivity index (χ1n) is 8.25. The van der Waals surface area contributed by atoms with Crippen LogP contribution in [0.5, 0.6) is 0 Å². The number of carbonyl (C=O) groups excluding carboxylic acids is 3. The van der Waals surface area contributed by atoms with E-state index in [-0.39, 0.29) is 18.1 Å². The minimum Gasteiger partial charge on any atom is -0.381 e. The van der Waals surface area contributed by atoms with Crippen LogP contribution in [0.4, 0.5) is 0 Å². The van der Waals surface area contributed by atoms with E-state index in [1.54, 1.807) is 37.4 Å². The summed E-state index contributed by atoms with van der Waals surface area (Å²) in [6.45, 7) is 0.674. The molecule has 1 aromatic rings. The average molecular weight is 332 g/mol. The first-order valence-corrected chi connectivity index (χ1v) is 8.25. The van der Waals surface area contributed by atoms with Crippen molar-refractivity contribution in [2.45, 2.75) is 31.3 Å². The van der Waals surface area contributed by atoms with Crippen molar-refractivity contribution in [3.05, 3.63) is 35.9 Å². The third-order valence-corrected chi connectivity index (χ3v) is 4.66. The van der Waals surface area contributed by atoms with Crippen LogP contribution in [0.15, 0.2) is 30.3 Å². The van der Waals surface area contributed by atoms with E-state index >= 15 is 0 Å². The van der Waals surface area contributed by atoms with Gasteiger partial charge in [-0.1, -0.05) is 43.2 Å². The molecular formula is C18H24N2O4. The molecule has 2 atom stereocenters. The third-order valence-electron chi connectivity index (χ3n) is 4.66. The number of Topliss-reactive ketones (excluding diaryl/α,β-unsaturated/α-hetero) is 1. The summed E-state index contributed by atoms with van der Waals surface area (Å²) in [4.78, 5) is 37.4. The molecule has 6 heteroatoms. The normalized spacial score (nSPS) is 23.3. The van der Waals surface area contributed by atoms with Crippen LogP contribution in [0.25, 0.3) is 0 Å². The first-order chi connectivity index (χ1) is 11.5. The van der Waals surface area contributed by atoms with E-state index in [0.29, 0.717) is 31.5 Å². The van der Waals surface area contributed by atoms with Crippen molar-refractivity contribution in [2.24, 2.45) is 5.92 Å². The quantitative estimate of drug-likeness (QED) is 0.443. The van der Waals surface area contributed by atoms with Gasteiger partial charge in [-0.15, -0.1) is 0 Å². The Morgan fingerprint density at radius 2 is 2.04 bits per heavy atom. The molecule has 1 aliphatic carbocycles. The van der Waals surface area contributed by atoms with Gasteiger partial charge in [-0.05, 0) is 12.8 Å². The molecule has 0 spiro atoms. The summed E-state index contributed by atoms with van der Waals surface area (Å²) in [6.07, 6.45) is 2.88. The van der Waals surface area contributed by atoms with Gasteiger partial charge in [0.15, 0.2) is 5.78 Å². The van der Waals surface area contributed by atoms with Gasteiger partial charge in [0, 0.05) is 25.7 Å². The van der Waals surface area contributed by atoms with E-state index < -0.39 is 11.5 Å². The number of carbonyl (C=O) groups is 3. The maximum absolute atomic E-state index is 12.8. The standard InChI is InChI=1S/C18H24N2O4/c1-20(12-11-19-13-21)17(23)15-9-5-6-10-18(15,24)16(22)14-7-3-2-4-8-14/h2-4,7-8,13,15,24H,5-6,9-12H2,1H3,(H,19,21). The summed E-state index contributed by atoms with van der Waals surface area (Å²) in [5, 5.41) is 13.6. The van der Waals surface area contributed by atoms with Gasteiger partial charge in [0.2, 0.25) is 12.3 Å². The van der Waals surface area contributed by atoms with Crippen LogP contribution in [0, 0.1) is 5.92 Å². The second-order valence-corrected chi connectivity index (χ2v) is 6.25. The van der Waals surface area contributed by atoms with Gasteiger partial charge >= 0.3 is 0 Å². The molecule has 1 aliphatic rings. The van der Waals surface area contributed by atoms with E-state index in [0.717, 1.165) is 12.8 Å². The van der Waals surface area contributed by atoms with E-state index in [2.05, 4.69) is 5.32 Å². The first kappa shape index (κ1) is 18.1. The Balaban J connectivity index is 2.18. The largest absolute Gasteiger partial charge is 0.381 e. The fourth-order valence-electron chi connectivity index (χ4n) is 3.26. The fourth-order valence-corrected chi connectivity index (χ4v) is 3.26. The summed E-state index contributed by atoms with van der Waals surface area (Å²) in [5.41, 5.74) is -1.24. The molecule has 0 radical (unpaired) electrons. The zero-order valence-electron chi connectivity index (χ0n) is 13.9. The Labute approximate surface area is 141 Å². The van der Waals surface area contributed by atoms with Crippen LogP contribution in [-0.4, -0.2) is 53.8 Å². The van der Waals surface area contributed by atoms with Gasteiger partial charge in [-0.2, -0.15) is 0 Å². The molecule has 2 amide bonds. The Morgan fingerprint density at radius 1 is 1.33 bits per heavy atom. The van der Waals surface area contributed by atoms with Gasteiger partial charge in [0.05, 0.1) is 5.92 Å². The summed E-state index contributed by atoms with van der Waals surface area (Å²) in [5.74, 6) is -1.39. The van der Waals surface area contributed by atoms with Crippen LogP contribution in [0.3, 0.4) is 0 Å². The van der Waals surface area contributed by atoms with E-state index in [4.69, 9.17) is 0 Å². The smallest absolute Gasteiger partial charge is 0.228 e. The van der Waals surface area contributed by atoms with Crippen molar-refractivity contribution >= 4 is 18.1 Å². The number of likely N-dealkylation sites (N-methyl/N-ethyl adjacent to an activating group) is 1. The van der Waals surface area contributed by atoms with Crippen molar-refractivity contribution in [1.29, 1.82) is 0 Å². The lowest BCUT2D eigenvalue weighted by Crippen LogP contribution is -2.54. The van der Waals surface area contributed by atoms with Crippen LogP contribution in [0.1, 0.15) is 36.0 Å². The third kappa shape index (κ3) is 3.82. The summed E-state index contributed by atoms with van der Waals surface area (Å²) < 4.78 is 0. The van der Waals surface area contributed by atoms with Crippen molar-refractivity contribution in [1.82, 2.24) is 10.2 Å². The molecule has 1 aromatic carbocycles. The fraction of sp³-hybridized carbons (Fsp3) is 0.500. The number of ketones is 1. The predicted octanol–water partition coefficient (Wildman–Crippen LogP) is 0.995. The lowest BCUT2D eigenvalue weighted by Gasteiger charge is -2.39. The Bertz CT molecular complexity index is 590. The van der Waals surface area contributed by atoms with Crippen LogP contribution >= 0.6 is 0 Å². The Kier molecular flexibility index (Phi) is 6.09. The molecule has 0 saturated heterocycles. The minimum absolute atomic E-state index is 0.255. The summed E-state index contributed by atoms with van der Waals surface area (Å²) in [7, 11) is 1.62. The monoisotopic (exact) mass is 332 g/mol. The van der Waals surface area contributed by atoms with Crippen LogP contribution in [-0.2, 0) is 9.59 Å². The van der Waals surface area contributed by atoms with E-state index in [1.165, 1.54) is 4.90 Å². The summed E-state index contributed by atoms with van der Waals surface area (Å²) in [6, 6.07) is 8.61. The highest BCUT2D eigenvalue weighted by molar-refractivity contribution is 6.05. The maximum Gasteiger partial charge on any atom is 0.228 e. The molecule has 6 nitrogen and oxygen atoms in total. The number of benzene rings is 1. The maximum atomic E-state index is 12.8. The van der Waals surface area contributed by atoms with Gasteiger partial charge in [0.25, 0.3) is 0 Å². The number of nitrogens with one attached hydrogen (secondary N) is 1. The van der Waals surface area contributed by atoms with Crippen LogP contribution < -0.4 is 5.32 Å². The molecular weight excluding hydrogens is 308 g/mol. The molecule has 0 aromatic heterocycles. The van der Waals surface area contributed by atoms with Crippen molar-refractivity contribution in [3.63, 3.8) is 0 Å². The van der Waals surface area contributed by atoms with Crippen LogP contribution in [0.2, 0.25) is 0 Å². The molecule has 0 heterocycles. The molecule has 2 N–H and O–H groups in total. The van der Waals surface area contributed by atoms with Crippen molar-refractivity contribution in [2.75, 3.05) is 20.1 Å². The second-order valence-electron chi connectivity index (χ2n) is 6.25. The van der Waals surface area contributed by atoms with E-state index in [1.807, 2.05) is 0 Å². The van der Waals surface area contributed by atoms with Gasteiger partial charge < -0.3 is 15.3 Å². The molecule has 130 valence electrons. The SMILES string of the molecule is CN(CCNC=O)C(=O)C1CCCCC1(O)C(=O)c1ccccc1. The highest BCUT2D eigenvalue weighted by Crippen LogP contribution is 2.37. The number of hydrogen-bond acceptors (Lipinski definition) is 4. The molecule has 0 aliphatic heterocycles. The summed E-state index contributed by atoms with van der Waals surface area (Å²) >= 11 is 0. The molecule has 1 saturated carbocycles.